The molecule has 5 nitrogen and oxygen atoms in total. The molecule has 0 saturated carbocycles. The van der Waals surface area contributed by atoms with Crippen LogP contribution in [0.25, 0.3) is 0 Å². The minimum absolute atomic E-state index is 0.0754. The highest BCUT2D eigenvalue weighted by atomic mass is 32.1. The number of hydrogen-bond donors (Lipinski definition) is 1. The van der Waals surface area contributed by atoms with E-state index in [2.05, 4.69) is 4.98 Å². The first-order valence-electron chi connectivity index (χ1n) is 6.62. The Balaban J connectivity index is 1.98. The Morgan fingerprint density at radius 1 is 1.43 bits per heavy atom. The zero-order valence-electron chi connectivity index (χ0n) is 12.4. The number of hydrogen-bond acceptors (Lipinski definition) is 5. The number of nitrogen functional groups attached to an aromatic ring is 1. The number of anilines is 1. The topological polar surface area (TPSA) is 68.5 Å². The fraction of sp³-hybridized carbons (Fsp3) is 0.333. The molecule has 1 heterocycles. The highest BCUT2D eigenvalue weighted by Gasteiger charge is 2.10. The maximum Gasteiger partial charge on any atom is 0.253 e. The van der Waals surface area contributed by atoms with E-state index in [1.807, 2.05) is 12.4 Å². The van der Waals surface area contributed by atoms with Crippen LogP contribution in [0.5, 0.6) is 5.75 Å². The van der Waals surface area contributed by atoms with Crippen molar-refractivity contribution in [2.24, 2.45) is 0 Å². The maximum absolute atomic E-state index is 11.8. The van der Waals surface area contributed by atoms with Gasteiger partial charge in [-0.25, -0.2) is 4.98 Å². The average molecular weight is 305 g/mol. The number of carbonyl (C=O) groups excluding carboxylic acids is 1. The van der Waals surface area contributed by atoms with Crippen molar-refractivity contribution >= 4 is 22.9 Å². The molecule has 0 aliphatic rings. The molecule has 2 rings (SSSR count). The largest absolute Gasteiger partial charge is 0.491 e. The number of aromatic nitrogens is 1. The molecule has 112 valence electrons. The molecule has 0 unspecified atom stereocenters. The lowest BCUT2D eigenvalue weighted by Gasteiger charge is -2.13. The van der Waals surface area contributed by atoms with E-state index in [1.54, 1.807) is 43.6 Å². The summed E-state index contributed by atoms with van der Waals surface area (Å²) in [6.07, 6.45) is 0.800. The molecule has 0 bridgehead atoms. The van der Waals surface area contributed by atoms with Gasteiger partial charge in [0.15, 0.2) is 0 Å². The standard InChI is InChI=1S/C15H19N3O2S/c1-10-14(21-9-17-10)6-7-20-13-5-4-11(8-12(13)16)15(19)18(2)3/h4-5,8-9H,6-7,16H2,1-3H3. The Morgan fingerprint density at radius 2 is 2.19 bits per heavy atom. The zero-order valence-corrected chi connectivity index (χ0v) is 13.2. The summed E-state index contributed by atoms with van der Waals surface area (Å²) >= 11 is 1.63. The highest BCUT2D eigenvalue weighted by Crippen LogP contribution is 2.23. The second-order valence-electron chi connectivity index (χ2n) is 4.91. The van der Waals surface area contributed by atoms with Crippen LogP contribution >= 0.6 is 11.3 Å². The number of thiazole rings is 1. The molecule has 1 amide bonds. The Kier molecular flexibility index (Phi) is 4.80. The molecule has 1 aromatic carbocycles. The molecule has 2 aromatic rings. The maximum atomic E-state index is 11.8. The lowest BCUT2D eigenvalue weighted by atomic mass is 10.1. The van der Waals surface area contributed by atoms with Gasteiger partial charge < -0.3 is 15.4 Å². The molecular weight excluding hydrogens is 286 g/mol. The second kappa shape index (κ2) is 6.58. The van der Waals surface area contributed by atoms with E-state index in [0.717, 1.165) is 12.1 Å². The number of amides is 1. The van der Waals surface area contributed by atoms with Gasteiger partial charge in [-0.05, 0) is 25.1 Å². The summed E-state index contributed by atoms with van der Waals surface area (Å²) in [7, 11) is 3.42. The minimum Gasteiger partial charge on any atom is -0.491 e. The molecule has 1 aromatic heterocycles. The van der Waals surface area contributed by atoms with Crippen molar-refractivity contribution in [3.63, 3.8) is 0 Å². The van der Waals surface area contributed by atoms with Crippen molar-refractivity contribution in [3.05, 3.63) is 39.8 Å². The third-order valence-electron chi connectivity index (χ3n) is 3.09. The fourth-order valence-electron chi connectivity index (χ4n) is 1.89. The van der Waals surface area contributed by atoms with Gasteiger partial charge in [-0.3, -0.25) is 4.79 Å². The van der Waals surface area contributed by atoms with Crippen LogP contribution in [0.1, 0.15) is 20.9 Å². The minimum atomic E-state index is -0.0754. The van der Waals surface area contributed by atoms with E-state index < -0.39 is 0 Å². The summed E-state index contributed by atoms with van der Waals surface area (Å²) in [5.74, 6) is 0.529. The van der Waals surface area contributed by atoms with Gasteiger partial charge >= 0.3 is 0 Å². The molecule has 0 atom stereocenters. The number of carbonyl (C=O) groups is 1. The lowest BCUT2D eigenvalue weighted by molar-refractivity contribution is 0.0827. The van der Waals surface area contributed by atoms with Crippen LogP contribution in [0.4, 0.5) is 5.69 Å². The predicted molar refractivity (Wildman–Crippen MR) is 84.9 cm³/mol. The van der Waals surface area contributed by atoms with Gasteiger partial charge in [0.25, 0.3) is 5.91 Å². The number of ether oxygens (including phenoxy) is 1. The third-order valence-corrected chi connectivity index (χ3v) is 4.09. The molecular formula is C15H19N3O2S. The van der Waals surface area contributed by atoms with Crippen LogP contribution < -0.4 is 10.5 Å². The van der Waals surface area contributed by atoms with Gasteiger partial charge in [0.2, 0.25) is 0 Å². The summed E-state index contributed by atoms with van der Waals surface area (Å²) < 4.78 is 5.69. The molecule has 0 fully saturated rings. The molecule has 0 saturated heterocycles. The van der Waals surface area contributed by atoms with Crippen molar-refractivity contribution in [1.82, 2.24) is 9.88 Å². The van der Waals surface area contributed by atoms with Gasteiger partial charge in [0, 0.05) is 31.0 Å². The molecule has 2 N–H and O–H groups in total. The Labute approximate surface area is 128 Å². The van der Waals surface area contributed by atoms with Crippen LogP contribution in [0.2, 0.25) is 0 Å². The van der Waals surface area contributed by atoms with Gasteiger partial charge in [0.1, 0.15) is 5.75 Å². The van der Waals surface area contributed by atoms with Crippen molar-refractivity contribution in [3.8, 4) is 5.75 Å². The first-order valence-corrected chi connectivity index (χ1v) is 7.50. The Bertz CT molecular complexity index is 638. The van der Waals surface area contributed by atoms with Gasteiger partial charge in [0.05, 0.1) is 23.5 Å². The van der Waals surface area contributed by atoms with Crippen molar-refractivity contribution in [2.75, 3.05) is 26.4 Å². The third kappa shape index (κ3) is 3.72. The molecule has 21 heavy (non-hydrogen) atoms. The zero-order chi connectivity index (χ0) is 15.4. The van der Waals surface area contributed by atoms with Gasteiger partial charge in [-0.2, -0.15) is 0 Å². The summed E-state index contributed by atoms with van der Waals surface area (Å²) in [5.41, 5.74) is 9.86. The van der Waals surface area contributed by atoms with E-state index in [0.29, 0.717) is 23.6 Å². The van der Waals surface area contributed by atoms with Crippen molar-refractivity contribution < 1.29 is 9.53 Å². The van der Waals surface area contributed by atoms with Crippen molar-refractivity contribution in [1.29, 1.82) is 0 Å². The summed E-state index contributed by atoms with van der Waals surface area (Å²) in [6, 6.07) is 5.12. The summed E-state index contributed by atoms with van der Waals surface area (Å²) in [6.45, 7) is 2.52. The van der Waals surface area contributed by atoms with E-state index >= 15 is 0 Å². The number of nitrogens with zero attached hydrogens (tertiary/aromatic N) is 2. The first kappa shape index (κ1) is 15.3. The lowest BCUT2D eigenvalue weighted by Crippen LogP contribution is -2.21. The monoisotopic (exact) mass is 305 g/mol. The van der Waals surface area contributed by atoms with Crippen LogP contribution in [-0.4, -0.2) is 36.5 Å². The van der Waals surface area contributed by atoms with E-state index in [1.165, 1.54) is 9.78 Å². The van der Waals surface area contributed by atoms with E-state index in [-0.39, 0.29) is 5.91 Å². The molecule has 0 aliphatic carbocycles. The van der Waals surface area contributed by atoms with Crippen LogP contribution in [0.3, 0.4) is 0 Å². The quantitative estimate of drug-likeness (QED) is 0.861. The molecule has 0 aliphatic heterocycles. The van der Waals surface area contributed by atoms with Gasteiger partial charge in [-0.15, -0.1) is 11.3 Å². The summed E-state index contributed by atoms with van der Waals surface area (Å²) in [4.78, 5) is 18.8. The van der Waals surface area contributed by atoms with E-state index in [4.69, 9.17) is 10.5 Å². The first-order chi connectivity index (χ1) is 9.99. The predicted octanol–water partition coefficient (Wildman–Crippen LogP) is 2.36. The Morgan fingerprint density at radius 3 is 2.76 bits per heavy atom. The van der Waals surface area contributed by atoms with Crippen LogP contribution in [0.15, 0.2) is 23.7 Å². The van der Waals surface area contributed by atoms with Crippen LogP contribution in [0, 0.1) is 6.92 Å². The van der Waals surface area contributed by atoms with Crippen LogP contribution in [-0.2, 0) is 6.42 Å². The molecule has 0 spiro atoms. The van der Waals surface area contributed by atoms with E-state index in [9.17, 15) is 4.79 Å². The Hall–Kier alpha value is -2.08. The van der Waals surface area contributed by atoms with Gasteiger partial charge in [-0.1, -0.05) is 0 Å². The average Bonchev–Trinajstić information content (AvgIpc) is 2.85. The molecule has 6 heteroatoms. The highest BCUT2D eigenvalue weighted by molar-refractivity contribution is 7.09. The number of benzene rings is 1. The number of rotatable bonds is 5. The second-order valence-corrected chi connectivity index (χ2v) is 5.85. The number of nitrogens with two attached hydrogens (primary N) is 1. The number of aryl methyl sites for hydroxylation is 1. The van der Waals surface area contributed by atoms with Crippen molar-refractivity contribution in [2.45, 2.75) is 13.3 Å². The smallest absolute Gasteiger partial charge is 0.253 e. The summed E-state index contributed by atoms with van der Waals surface area (Å²) in [5, 5.41) is 0. The fourth-order valence-corrected chi connectivity index (χ4v) is 2.65. The SMILES string of the molecule is Cc1ncsc1CCOc1ccc(C(=O)N(C)C)cc1N. The molecule has 0 radical (unpaired) electrons. The normalized spacial score (nSPS) is 10.4.